The summed E-state index contributed by atoms with van der Waals surface area (Å²) in [7, 11) is 3.85. The number of aromatic amines is 1. The van der Waals surface area contributed by atoms with Gasteiger partial charge in [-0.3, -0.25) is 0 Å². The molecule has 0 fully saturated rings. The van der Waals surface area contributed by atoms with E-state index in [1.807, 2.05) is 14.1 Å². The number of nitrogens with zero attached hydrogens (tertiary/aromatic N) is 4. The molecule has 0 bridgehead atoms. The predicted octanol–water partition coefficient (Wildman–Crippen LogP) is 1.63. The number of hydrogen-bond donors (Lipinski definition) is 2. The minimum absolute atomic E-state index is 0.600. The Hall–Kier alpha value is -1.85. The van der Waals surface area contributed by atoms with Crippen molar-refractivity contribution in [2.24, 2.45) is 0 Å². The van der Waals surface area contributed by atoms with Gasteiger partial charge in [-0.05, 0) is 6.42 Å². The Morgan fingerprint density at radius 3 is 2.94 bits per heavy atom. The van der Waals surface area contributed by atoms with E-state index in [4.69, 9.17) is 0 Å². The molecule has 0 atom stereocenters. The monoisotopic (exact) mass is 234 g/mol. The molecule has 6 nitrogen and oxygen atoms in total. The molecule has 0 saturated carbocycles. The quantitative estimate of drug-likeness (QED) is 0.823. The Kier molecular flexibility index (Phi) is 3.41. The lowest BCUT2D eigenvalue weighted by atomic mass is 10.3. The molecule has 0 radical (unpaired) electrons. The molecule has 0 aliphatic heterocycles. The van der Waals surface area contributed by atoms with E-state index in [0.717, 1.165) is 24.3 Å². The fraction of sp³-hybridized carbons (Fsp3) is 0.545. The molecule has 6 heteroatoms. The van der Waals surface area contributed by atoms with Gasteiger partial charge in [0.2, 0.25) is 5.95 Å². The number of unbranched alkanes of at least 4 members (excludes halogenated alkanes) is 1. The van der Waals surface area contributed by atoms with Crippen LogP contribution in [0.2, 0.25) is 0 Å². The number of aromatic nitrogens is 4. The average Bonchev–Trinajstić information content (AvgIpc) is 2.82. The van der Waals surface area contributed by atoms with E-state index in [1.54, 1.807) is 6.33 Å². The molecule has 2 heterocycles. The Bertz CT molecular complexity index is 492. The second-order valence-electron chi connectivity index (χ2n) is 4.00. The standard InChI is InChI=1S/C11H18N6/c1-4-5-6-17(3)10-8-9(14-7-13-8)15-11(12-2)16-10/h7H,4-6H2,1-3H3,(H2,12,13,14,15,16). The highest BCUT2D eigenvalue weighted by atomic mass is 15.2. The minimum Gasteiger partial charge on any atom is -0.358 e. The molecule has 17 heavy (non-hydrogen) atoms. The third kappa shape index (κ3) is 2.30. The highest BCUT2D eigenvalue weighted by Crippen LogP contribution is 2.21. The van der Waals surface area contributed by atoms with Crippen LogP contribution >= 0.6 is 0 Å². The van der Waals surface area contributed by atoms with Crippen LogP contribution in [0.5, 0.6) is 0 Å². The third-order valence-electron chi connectivity index (χ3n) is 2.70. The summed E-state index contributed by atoms with van der Waals surface area (Å²) in [5.74, 6) is 1.49. The molecule has 0 aliphatic carbocycles. The van der Waals surface area contributed by atoms with Crippen molar-refractivity contribution in [2.75, 3.05) is 30.9 Å². The van der Waals surface area contributed by atoms with E-state index in [0.29, 0.717) is 11.6 Å². The van der Waals surface area contributed by atoms with Gasteiger partial charge in [-0.15, -0.1) is 0 Å². The lowest BCUT2D eigenvalue weighted by molar-refractivity contribution is 0.760. The average molecular weight is 234 g/mol. The predicted molar refractivity (Wildman–Crippen MR) is 69.4 cm³/mol. The van der Waals surface area contributed by atoms with Gasteiger partial charge in [-0.25, -0.2) is 4.98 Å². The maximum Gasteiger partial charge on any atom is 0.226 e. The third-order valence-corrected chi connectivity index (χ3v) is 2.70. The van der Waals surface area contributed by atoms with Crippen molar-refractivity contribution in [3.8, 4) is 0 Å². The first kappa shape index (κ1) is 11.6. The lowest BCUT2D eigenvalue weighted by Gasteiger charge is -2.18. The number of imidazole rings is 1. The van der Waals surface area contributed by atoms with Crippen LogP contribution in [0.1, 0.15) is 19.8 Å². The van der Waals surface area contributed by atoms with Gasteiger partial charge in [0.1, 0.15) is 5.52 Å². The number of anilines is 2. The van der Waals surface area contributed by atoms with E-state index in [1.165, 1.54) is 6.42 Å². The van der Waals surface area contributed by atoms with Crippen LogP contribution in [0.25, 0.3) is 11.2 Å². The zero-order valence-electron chi connectivity index (χ0n) is 10.5. The number of fused-ring (bicyclic) bond motifs is 1. The van der Waals surface area contributed by atoms with Crippen LogP contribution in [-0.4, -0.2) is 40.6 Å². The summed E-state index contributed by atoms with van der Waals surface area (Å²) in [4.78, 5) is 18.2. The second-order valence-corrected chi connectivity index (χ2v) is 4.00. The van der Waals surface area contributed by atoms with Gasteiger partial charge in [0.25, 0.3) is 0 Å². The highest BCUT2D eigenvalue weighted by molar-refractivity contribution is 5.84. The van der Waals surface area contributed by atoms with Crippen molar-refractivity contribution in [1.29, 1.82) is 0 Å². The smallest absolute Gasteiger partial charge is 0.226 e. The fourth-order valence-corrected chi connectivity index (χ4v) is 1.71. The van der Waals surface area contributed by atoms with Crippen molar-refractivity contribution < 1.29 is 0 Å². The lowest BCUT2D eigenvalue weighted by Crippen LogP contribution is -2.20. The molecule has 2 aromatic rings. The largest absolute Gasteiger partial charge is 0.358 e. The van der Waals surface area contributed by atoms with Crippen LogP contribution in [0, 0.1) is 0 Å². The van der Waals surface area contributed by atoms with E-state index in [-0.39, 0.29) is 0 Å². The van der Waals surface area contributed by atoms with Gasteiger partial charge in [0.15, 0.2) is 11.5 Å². The summed E-state index contributed by atoms with van der Waals surface area (Å²) in [6, 6.07) is 0. The molecule has 92 valence electrons. The van der Waals surface area contributed by atoms with Crippen molar-refractivity contribution in [1.82, 2.24) is 19.9 Å². The van der Waals surface area contributed by atoms with E-state index >= 15 is 0 Å². The second kappa shape index (κ2) is 4.99. The van der Waals surface area contributed by atoms with Gasteiger partial charge < -0.3 is 15.2 Å². The summed E-state index contributed by atoms with van der Waals surface area (Å²) < 4.78 is 0. The molecule has 0 aromatic carbocycles. The minimum atomic E-state index is 0.600. The summed E-state index contributed by atoms with van der Waals surface area (Å²) >= 11 is 0. The van der Waals surface area contributed by atoms with Crippen molar-refractivity contribution in [3.05, 3.63) is 6.33 Å². The molecule has 2 aromatic heterocycles. The molecule has 2 N–H and O–H groups in total. The van der Waals surface area contributed by atoms with Crippen LogP contribution in [-0.2, 0) is 0 Å². The Balaban J connectivity index is 2.39. The van der Waals surface area contributed by atoms with Crippen LogP contribution in [0.15, 0.2) is 6.33 Å². The first-order valence-corrected chi connectivity index (χ1v) is 5.86. The summed E-state index contributed by atoms with van der Waals surface area (Å²) in [6.07, 6.45) is 3.96. The van der Waals surface area contributed by atoms with Crippen LogP contribution in [0.3, 0.4) is 0 Å². The molecular weight excluding hydrogens is 216 g/mol. The highest BCUT2D eigenvalue weighted by Gasteiger charge is 2.12. The van der Waals surface area contributed by atoms with E-state index in [2.05, 4.69) is 37.1 Å². The first-order chi connectivity index (χ1) is 8.26. The van der Waals surface area contributed by atoms with Crippen molar-refractivity contribution >= 4 is 22.9 Å². The number of hydrogen-bond acceptors (Lipinski definition) is 5. The fourth-order valence-electron chi connectivity index (χ4n) is 1.71. The Labute approximate surface area is 100 Å². The van der Waals surface area contributed by atoms with Gasteiger partial charge >= 0.3 is 0 Å². The maximum atomic E-state index is 4.48. The zero-order valence-corrected chi connectivity index (χ0v) is 10.5. The molecule has 2 rings (SSSR count). The van der Waals surface area contributed by atoms with Gasteiger partial charge in [0, 0.05) is 20.6 Å². The van der Waals surface area contributed by atoms with Gasteiger partial charge in [-0.2, -0.15) is 9.97 Å². The Morgan fingerprint density at radius 2 is 2.24 bits per heavy atom. The topological polar surface area (TPSA) is 69.7 Å². The Morgan fingerprint density at radius 1 is 1.41 bits per heavy atom. The van der Waals surface area contributed by atoms with E-state index in [9.17, 15) is 0 Å². The normalized spacial score (nSPS) is 10.8. The number of nitrogens with one attached hydrogen (secondary N) is 2. The molecule has 0 unspecified atom stereocenters. The van der Waals surface area contributed by atoms with Gasteiger partial charge in [-0.1, -0.05) is 13.3 Å². The summed E-state index contributed by atoms with van der Waals surface area (Å²) in [5.41, 5.74) is 1.59. The SMILES string of the molecule is CCCCN(C)c1nc(NC)nc2nc[nH]c12. The van der Waals surface area contributed by atoms with E-state index < -0.39 is 0 Å². The molecule has 0 amide bonds. The van der Waals surface area contributed by atoms with Crippen molar-refractivity contribution in [2.45, 2.75) is 19.8 Å². The summed E-state index contributed by atoms with van der Waals surface area (Å²) in [5, 5.41) is 2.96. The maximum absolute atomic E-state index is 4.48. The summed E-state index contributed by atoms with van der Waals surface area (Å²) in [6.45, 7) is 3.16. The van der Waals surface area contributed by atoms with Crippen molar-refractivity contribution in [3.63, 3.8) is 0 Å². The van der Waals surface area contributed by atoms with Crippen LogP contribution < -0.4 is 10.2 Å². The number of H-pyrrole nitrogens is 1. The molecular formula is C11H18N6. The molecule has 0 aliphatic rings. The first-order valence-electron chi connectivity index (χ1n) is 5.86. The van der Waals surface area contributed by atoms with Gasteiger partial charge in [0.05, 0.1) is 6.33 Å². The molecule has 0 saturated heterocycles. The molecule has 0 spiro atoms. The number of rotatable bonds is 5. The van der Waals surface area contributed by atoms with Crippen LogP contribution in [0.4, 0.5) is 11.8 Å². The zero-order chi connectivity index (χ0) is 12.3.